The molecule has 0 saturated carbocycles. The van der Waals surface area contributed by atoms with Crippen LogP contribution in [0.15, 0.2) is 53.4 Å². The molecule has 0 fully saturated rings. The summed E-state index contributed by atoms with van der Waals surface area (Å²) in [5.41, 5.74) is 1.95. The van der Waals surface area contributed by atoms with E-state index < -0.39 is 0 Å². The molecule has 0 aromatic heterocycles. The number of benzene rings is 3. The average molecular weight is 469 g/mol. The molecule has 0 aliphatic carbocycles. The quantitative estimate of drug-likeness (QED) is 0.434. The van der Waals surface area contributed by atoms with Gasteiger partial charge in [-0.2, -0.15) is 5.26 Å². The summed E-state index contributed by atoms with van der Waals surface area (Å²) in [5.74, 6) is 0.346. The molecule has 3 aromatic carbocycles. The molecule has 1 heterocycles. The summed E-state index contributed by atoms with van der Waals surface area (Å²) >= 11 is 13.8. The van der Waals surface area contributed by atoms with Gasteiger partial charge in [0.1, 0.15) is 12.4 Å². The Morgan fingerprint density at radius 3 is 2.71 bits per heavy atom. The molecule has 0 saturated heterocycles. The predicted octanol–water partition coefficient (Wildman–Crippen LogP) is 5.94. The third kappa shape index (κ3) is 4.29. The van der Waals surface area contributed by atoms with Crippen molar-refractivity contribution in [2.45, 2.75) is 17.2 Å². The molecule has 7 heteroatoms. The minimum Gasteiger partial charge on any atom is -0.337 e. The second-order valence-electron chi connectivity index (χ2n) is 7.33. The van der Waals surface area contributed by atoms with Gasteiger partial charge < -0.3 is 9.69 Å². The summed E-state index contributed by atoms with van der Waals surface area (Å²) in [6, 6.07) is 17.0. The van der Waals surface area contributed by atoms with Crippen LogP contribution in [0.4, 0.5) is 0 Å². The maximum Gasteiger partial charge on any atom is 0.255 e. The van der Waals surface area contributed by atoms with E-state index in [9.17, 15) is 14.9 Å². The van der Waals surface area contributed by atoms with E-state index >= 15 is 0 Å². The number of amides is 1. The topological polar surface area (TPSA) is 61.2 Å². The second kappa shape index (κ2) is 9.32. The Morgan fingerprint density at radius 1 is 1.16 bits per heavy atom. The highest BCUT2D eigenvalue weighted by Crippen LogP contribution is 2.37. The van der Waals surface area contributed by atoms with E-state index in [2.05, 4.69) is 6.07 Å². The molecule has 4 nitrogen and oxygen atoms in total. The standard InChI is InChI=1S/C24H18Cl2N2O2S/c25-20-6-5-15(12-21(20)26)17(7-9-29)14-28-8-10-31-23-18(13-27)11-16-3-1-2-4-19(16)22(23)24(28)30/h1-6,9,11-12,17H,7-8,10,14H2/t17-/m1/s1. The first-order valence-electron chi connectivity index (χ1n) is 9.80. The number of nitriles is 1. The third-order valence-corrected chi connectivity index (χ3v) is 7.31. The molecule has 0 unspecified atom stereocenters. The summed E-state index contributed by atoms with van der Waals surface area (Å²) < 4.78 is 0. The number of thioether (sulfide) groups is 1. The lowest BCUT2D eigenvalue weighted by Crippen LogP contribution is -2.36. The van der Waals surface area contributed by atoms with Crippen LogP contribution < -0.4 is 0 Å². The van der Waals surface area contributed by atoms with E-state index in [0.29, 0.717) is 40.0 Å². The average Bonchev–Trinajstić information content (AvgIpc) is 2.94. The molecule has 1 amide bonds. The largest absolute Gasteiger partial charge is 0.337 e. The second-order valence-corrected chi connectivity index (χ2v) is 9.25. The van der Waals surface area contributed by atoms with Crippen molar-refractivity contribution in [3.05, 3.63) is 75.3 Å². The van der Waals surface area contributed by atoms with Crippen molar-refractivity contribution in [1.82, 2.24) is 4.90 Å². The summed E-state index contributed by atoms with van der Waals surface area (Å²) in [7, 11) is 0. The van der Waals surface area contributed by atoms with Gasteiger partial charge in [-0.05, 0) is 34.5 Å². The van der Waals surface area contributed by atoms with Gasteiger partial charge in [-0.15, -0.1) is 11.8 Å². The number of fused-ring (bicyclic) bond motifs is 3. The molecule has 156 valence electrons. The fourth-order valence-corrected chi connectivity index (χ4v) is 5.35. The lowest BCUT2D eigenvalue weighted by atomic mass is 9.94. The molecule has 4 rings (SSSR count). The highest BCUT2D eigenvalue weighted by molar-refractivity contribution is 7.99. The zero-order chi connectivity index (χ0) is 22.0. The van der Waals surface area contributed by atoms with Gasteiger partial charge in [0.25, 0.3) is 5.91 Å². The molecule has 1 atom stereocenters. The van der Waals surface area contributed by atoms with Crippen molar-refractivity contribution in [2.75, 3.05) is 18.8 Å². The number of halogens is 2. The van der Waals surface area contributed by atoms with Crippen LogP contribution >= 0.6 is 35.0 Å². The molecule has 0 radical (unpaired) electrons. The van der Waals surface area contributed by atoms with Gasteiger partial charge in [-0.1, -0.05) is 53.5 Å². The zero-order valence-corrected chi connectivity index (χ0v) is 18.8. The lowest BCUT2D eigenvalue weighted by Gasteiger charge is -2.26. The fraction of sp³-hybridized carbons (Fsp3) is 0.208. The van der Waals surface area contributed by atoms with Crippen LogP contribution in [-0.2, 0) is 4.79 Å². The highest BCUT2D eigenvalue weighted by atomic mass is 35.5. The normalized spacial score (nSPS) is 14.6. The van der Waals surface area contributed by atoms with E-state index in [1.165, 1.54) is 11.8 Å². The van der Waals surface area contributed by atoms with Gasteiger partial charge in [0.2, 0.25) is 0 Å². The van der Waals surface area contributed by atoms with Crippen molar-refractivity contribution in [2.24, 2.45) is 0 Å². The van der Waals surface area contributed by atoms with E-state index in [4.69, 9.17) is 23.2 Å². The van der Waals surface area contributed by atoms with Crippen molar-refractivity contribution < 1.29 is 9.59 Å². The minimum atomic E-state index is -0.201. The number of rotatable bonds is 5. The maximum atomic E-state index is 13.7. The Bertz CT molecular complexity index is 1220. The summed E-state index contributed by atoms with van der Waals surface area (Å²) in [4.78, 5) is 27.6. The van der Waals surface area contributed by atoms with E-state index in [0.717, 1.165) is 27.5 Å². The summed E-state index contributed by atoms with van der Waals surface area (Å²) in [6.07, 6.45) is 1.13. The fourth-order valence-electron chi connectivity index (χ4n) is 3.93. The van der Waals surface area contributed by atoms with Crippen LogP contribution in [0.25, 0.3) is 10.8 Å². The van der Waals surface area contributed by atoms with Gasteiger partial charge in [0, 0.05) is 36.1 Å². The van der Waals surface area contributed by atoms with Crippen molar-refractivity contribution in [3.63, 3.8) is 0 Å². The summed E-state index contributed by atoms with van der Waals surface area (Å²) in [6.45, 7) is 0.898. The maximum absolute atomic E-state index is 13.7. The molecule has 31 heavy (non-hydrogen) atoms. The number of carbonyl (C=O) groups is 2. The number of aldehydes is 1. The highest BCUT2D eigenvalue weighted by Gasteiger charge is 2.29. The van der Waals surface area contributed by atoms with E-state index in [-0.39, 0.29) is 18.2 Å². The van der Waals surface area contributed by atoms with Crippen LogP contribution in [-0.4, -0.2) is 35.9 Å². The van der Waals surface area contributed by atoms with Gasteiger partial charge in [-0.25, -0.2) is 0 Å². The third-order valence-electron chi connectivity index (χ3n) is 5.47. The Labute approximate surface area is 194 Å². The van der Waals surface area contributed by atoms with E-state index in [1.807, 2.05) is 36.4 Å². The van der Waals surface area contributed by atoms with Gasteiger partial charge in [0.05, 0.1) is 21.2 Å². The first-order chi connectivity index (χ1) is 15.0. The Hall–Kier alpha value is -2.52. The summed E-state index contributed by atoms with van der Waals surface area (Å²) in [5, 5.41) is 12.2. The Balaban J connectivity index is 1.75. The van der Waals surface area contributed by atoms with Crippen LogP contribution in [0.2, 0.25) is 10.0 Å². The molecular weight excluding hydrogens is 451 g/mol. The SMILES string of the molecule is N#Cc1cc2ccccc2c2c1SCCN(C[C@@H](CC=O)c1ccc(Cl)c(Cl)c1)C2=O. The first-order valence-corrected chi connectivity index (χ1v) is 11.5. The monoisotopic (exact) mass is 468 g/mol. The van der Waals surface area contributed by atoms with Crippen LogP contribution in [0.5, 0.6) is 0 Å². The van der Waals surface area contributed by atoms with Crippen LogP contribution in [0.3, 0.4) is 0 Å². The van der Waals surface area contributed by atoms with Crippen molar-refractivity contribution in [3.8, 4) is 6.07 Å². The number of nitrogens with zero attached hydrogens (tertiary/aromatic N) is 2. The molecule has 1 aliphatic rings. The molecule has 1 aliphatic heterocycles. The Morgan fingerprint density at radius 2 is 1.97 bits per heavy atom. The number of carbonyl (C=O) groups excluding carboxylic acids is 2. The molecular formula is C24H18Cl2N2O2S. The molecule has 3 aromatic rings. The smallest absolute Gasteiger partial charge is 0.255 e. The predicted molar refractivity (Wildman–Crippen MR) is 125 cm³/mol. The number of hydrogen-bond acceptors (Lipinski definition) is 4. The number of hydrogen-bond donors (Lipinski definition) is 0. The van der Waals surface area contributed by atoms with Gasteiger partial charge >= 0.3 is 0 Å². The minimum absolute atomic E-state index is 0.121. The first kappa shape index (κ1) is 21.7. The Kier molecular flexibility index (Phi) is 6.52. The van der Waals surface area contributed by atoms with Gasteiger partial charge in [-0.3, -0.25) is 4.79 Å². The molecule has 0 spiro atoms. The molecule has 0 N–H and O–H groups in total. The van der Waals surface area contributed by atoms with Crippen molar-refractivity contribution in [1.29, 1.82) is 5.26 Å². The van der Waals surface area contributed by atoms with Crippen molar-refractivity contribution >= 4 is 57.9 Å². The molecule has 0 bridgehead atoms. The van der Waals surface area contributed by atoms with Crippen LogP contribution in [0.1, 0.15) is 33.8 Å². The van der Waals surface area contributed by atoms with Gasteiger partial charge in [0.15, 0.2) is 0 Å². The van der Waals surface area contributed by atoms with E-state index in [1.54, 1.807) is 17.0 Å². The zero-order valence-electron chi connectivity index (χ0n) is 16.5. The van der Waals surface area contributed by atoms with Crippen LogP contribution in [0, 0.1) is 11.3 Å². The lowest BCUT2D eigenvalue weighted by molar-refractivity contribution is -0.108.